The highest BCUT2D eigenvalue weighted by atomic mass is 16.7. The van der Waals surface area contributed by atoms with Crippen molar-refractivity contribution in [3.05, 3.63) is 46.5 Å². The molecular formula is C23H26O12. The Kier molecular flexibility index (Phi) is 7.83. The molecule has 1 saturated heterocycles. The molecule has 12 nitrogen and oxygen atoms in total. The third kappa shape index (κ3) is 5.01. The fourth-order valence-electron chi connectivity index (χ4n) is 3.73. The number of rotatable bonds is 7. The largest absolute Gasteiger partial charge is 0.507 e. The average molecular weight is 494 g/mol. The van der Waals surface area contributed by atoms with Crippen molar-refractivity contribution in [3.8, 4) is 23.0 Å². The van der Waals surface area contributed by atoms with Gasteiger partial charge in [0.05, 0.1) is 32.0 Å². The van der Waals surface area contributed by atoms with Crippen molar-refractivity contribution in [2.75, 3.05) is 20.8 Å². The number of aromatic hydroxyl groups is 2. The number of aryl methyl sites for hydroxylation is 1. The molecule has 2 aromatic carbocycles. The van der Waals surface area contributed by atoms with Crippen molar-refractivity contribution in [2.45, 2.75) is 37.6 Å². The quantitative estimate of drug-likeness (QED) is 0.216. The van der Waals surface area contributed by atoms with Crippen LogP contribution in [-0.2, 0) is 9.47 Å². The first-order chi connectivity index (χ1) is 16.5. The van der Waals surface area contributed by atoms with Crippen molar-refractivity contribution in [1.29, 1.82) is 0 Å². The van der Waals surface area contributed by atoms with Crippen LogP contribution in [0.3, 0.4) is 0 Å². The monoisotopic (exact) mass is 494 g/mol. The predicted octanol–water partition coefficient (Wildman–Crippen LogP) is -0.389. The van der Waals surface area contributed by atoms with E-state index in [0.29, 0.717) is 5.56 Å². The molecule has 0 saturated carbocycles. The molecule has 190 valence electrons. The highest BCUT2D eigenvalue weighted by Crippen LogP contribution is 2.37. The summed E-state index contributed by atoms with van der Waals surface area (Å²) in [5.74, 6) is -3.36. The third-order valence-electron chi connectivity index (χ3n) is 5.50. The lowest BCUT2D eigenvalue weighted by Gasteiger charge is -2.39. The Morgan fingerprint density at radius 3 is 2.11 bits per heavy atom. The number of hydrogen-bond acceptors (Lipinski definition) is 12. The summed E-state index contributed by atoms with van der Waals surface area (Å²) in [4.78, 5) is 25.9. The van der Waals surface area contributed by atoms with E-state index in [9.17, 15) is 40.2 Å². The zero-order valence-electron chi connectivity index (χ0n) is 19.0. The van der Waals surface area contributed by atoms with E-state index < -0.39 is 66.1 Å². The minimum atomic E-state index is -1.73. The number of methoxy groups -OCH3 is 2. The molecule has 0 unspecified atom stereocenters. The van der Waals surface area contributed by atoms with Crippen LogP contribution in [0, 0.1) is 6.92 Å². The number of aliphatic hydroxyl groups excluding tert-OH is 4. The number of hydrogen-bond donors (Lipinski definition) is 6. The van der Waals surface area contributed by atoms with Crippen LogP contribution in [0.4, 0.5) is 0 Å². The highest BCUT2D eigenvalue weighted by Gasteiger charge is 2.45. The first kappa shape index (κ1) is 26.2. The zero-order chi connectivity index (χ0) is 26.0. The van der Waals surface area contributed by atoms with Crippen LogP contribution in [-0.4, -0.2) is 93.9 Å². The molecule has 2 aromatic rings. The number of carbonyl (C=O) groups is 2. The number of phenols is 2. The predicted molar refractivity (Wildman–Crippen MR) is 117 cm³/mol. The number of esters is 1. The van der Waals surface area contributed by atoms with E-state index in [1.807, 2.05) is 0 Å². The Bertz CT molecular complexity index is 1090. The topological polar surface area (TPSA) is 192 Å². The number of ketones is 1. The molecular weight excluding hydrogens is 468 g/mol. The fourth-order valence-corrected chi connectivity index (χ4v) is 3.73. The Hall–Kier alpha value is -3.42. The van der Waals surface area contributed by atoms with Gasteiger partial charge in [-0.15, -0.1) is 0 Å². The standard InChI is InChI=1S/C23H26O12/c1-9-4-12(25)17(13(26)5-9)19(28)16-11(22(31)33-3)6-10(7-14(16)32-2)34-23-21(30)20(29)18(27)15(8-24)35-23/h4-7,15,18,20-21,23-27,29-30H,8H2,1-3H3/t15-,18-,20+,21-,23-/m1/s1. The van der Waals surface area contributed by atoms with Crippen molar-refractivity contribution in [2.24, 2.45) is 0 Å². The summed E-state index contributed by atoms with van der Waals surface area (Å²) in [5.41, 5.74) is -0.701. The van der Waals surface area contributed by atoms with Gasteiger partial charge in [0.15, 0.2) is 0 Å². The molecule has 6 N–H and O–H groups in total. The summed E-state index contributed by atoms with van der Waals surface area (Å²) < 4.78 is 20.9. The minimum absolute atomic E-state index is 0.166. The second-order valence-corrected chi connectivity index (χ2v) is 7.86. The Labute approximate surface area is 199 Å². The van der Waals surface area contributed by atoms with Gasteiger partial charge >= 0.3 is 5.97 Å². The van der Waals surface area contributed by atoms with Crippen molar-refractivity contribution in [3.63, 3.8) is 0 Å². The second-order valence-electron chi connectivity index (χ2n) is 7.86. The number of carbonyl (C=O) groups excluding carboxylic acids is 2. The molecule has 35 heavy (non-hydrogen) atoms. The zero-order valence-corrected chi connectivity index (χ0v) is 19.0. The SMILES string of the molecule is COC(=O)c1cc(O[C@@H]2O[C@H](CO)[C@@H](O)[C@H](O)[C@H]2O)cc(OC)c1C(=O)c1c(O)cc(C)cc1O. The molecule has 1 fully saturated rings. The van der Waals surface area contributed by atoms with E-state index in [1.165, 1.54) is 25.3 Å². The van der Waals surface area contributed by atoms with Crippen molar-refractivity contribution < 1.29 is 59.2 Å². The van der Waals surface area contributed by atoms with E-state index in [2.05, 4.69) is 0 Å². The van der Waals surface area contributed by atoms with Gasteiger partial charge in [-0.05, 0) is 30.7 Å². The summed E-state index contributed by atoms with van der Waals surface area (Å²) >= 11 is 0. The van der Waals surface area contributed by atoms with Crippen molar-refractivity contribution >= 4 is 11.8 Å². The summed E-state index contributed by atoms with van der Waals surface area (Å²) in [6.45, 7) is 0.915. The Balaban J connectivity index is 2.08. The molecule has 0 aromatic heterocycles. The lowest BCUT2D eigenvalue weighted by Crippen LogP contribution is -2.60. The van der Waals surface area contributed by atoms with Crippen LogP contribution in [0.2, 0.25) is 0 Å². The molecule has 0 bridgehead atoms. The molecule has 0 aliphatic carbocycles. The summed E-state index contributed by atoms with van der Waals surface area (Å²) in [6, 6.07) is 4.76. The maximum absolute atomic E-state index is 13.3. The van der Waals surface area contributed by atoms with E-state index in [-0.39, 0.29) is 22.6 Å². The van der Waals surface area contributed by atoms with Gasteiger partial charge in [0.25, 0.3) is 0 Å². The van der Waals surface area contributed by atoms with E-state index >= 15 is 0 Å². The minimum Gasteiger partial charge on any atom is -0.507 e. The Morgan fingerprint density at radius 2 is 1.57 bits per heavy atom. The summed E-state index contributed by atoms with van der Waals surface area (Å²) in [7, 11) is 2.26. The molecule has 5 atom stereocenters. The number of phenolic OH excluding ortho intramolecular Hbond substituents is 2. The van der Waals surface area contributed by atoms with Crippen molar-refractivity contribution in [1.82, 2.24) is 0 Å². The lowest BCUT2D eigenvalue weighted by molar-refractivity contribution is -0.277. The van der Waals surface area contributed by atoms with Gasteiger partial charge in [-0.25, -0.2) is 4.79 Å². The van der Waals surface area contributed by atoms with Gasteiger partial charge in [0.1, 0.15) is 53.0 Å². The van der Waals surface area contributed by atoms with E-state index in [4.69, 9.17) is 18.9 Å². The first-order valence-electron chi connectivity index (χ1n) is 10.4. The summed E-state index contributed by atoms with van der Waals surface area (Å²) in [6.07, 6.45) is -7.87. The van der Waals surface area contributed by atoms with Gasteiger partial charge in [0.2, 0.25) is 12.1 Å². The normalized spacial score (nSPS) is 24.0. The average Bonchev–Trinajstić information content (AvgIpc) is 2.82. The van der Waals surface area contributed by atoms with Gasteiger partial charge in [0, 0.05) is 6.07 Å². The highest BCUT2D eigenvalue weighted by molar-refractivity contribution is 6.18. The van der Waals surface area contributed by atoms with Crippen LogP contribution in [0.1, 0.15) is 31.8 Å². The second kappa shape index (κ2) is 10.5. The number of benzene rings is 2. The smallest absolute Gasteiger partial charge is 0.338 e. The molecule has 1 aliphatic rings. The molecule has 12 heteroatoms. The van der Waals surface area contributed by atoms with Crippen LogP contribution in [0.5, 0.6) is 23.0 Å². The summed E-state index contributed by atoms with van der Waals surface area (Å²) in [5, 5.41) is 60.1. The number of ether oxygens (including phenoxy) is 4. The molecule has 3 rings (SSSR count). The van der Waals surface area contributed by atoms with Gasteiger partial charge < -0.3 is 49.6 Å². The first-order valence-corrected chi connectivity index (χ1v) is 10.4. The maximum atomic E-state index is 13.3. The van der Waals surface area contributed by atoms with Crippen LogP contribution in [0.15, 0.2) is 24.3 Å². The van der Waals surface area contributed by atoms with Gasteiger partial charge in [-0.1, -0.05) is 0 Å². The fraction of sp³-hybridized carbons (Fsp3) is 0.391. The van der Waals surface area contributed by atoms with Gasteiger partial charge in [-0.2, -0.15) is 0 Å². The third-order valence-corrected chi connectivity index (χ3v) is 5.50. The molecule has 0 radical (unpaired) electrons. The van der Waals surface area contributed by atoms with Gasteiger partial charge in [-0.3, -0.25) is 4.79 Å². The number of aliphatic hydroxyl groups is 4. The Morgan fingerprint density at radius 1 is 0.943 bits per heavy atom. The lowest BCUT2D eigenvalue weighted by atomic mass is 9.94. The van der Waals surface area contributed by atoms with E-state index in [0.717, 1.165) is 13.2 Å². The van der Waals surface area contributed by atoms with Crippen LogP contribution >= 0.6 is 0 Å². The molecule has 1 heterocycles. The van der Waals surface area contributed by atoms with Crippen LogP contribution < -0.4 is 9.47 Å². The van der Waals surface area contributed by atoms with E-state index in [1.54, 1.807) is 6.92 Å². The van der Waals surface area contributed by atoms with Crippen LogP contribution in [0.25, 0.3) is 0 Å². The molecule has 1 aliphatic heterocycles. The molecule has 0 amide bonds. The molecule has 0 spiro atoms. The maximum Gasteiger partial charge on any atom is 0.338 e.